The number of hydrogen-bond donors (Lipinski definition) is 2. The van der Waals surface area contributed by atoms with Gasteiger partial charge < -0.3 is 20.4 Å². The lowest BCUT2D eigenvalue weighted by Gasteiger charge is -2.12. The van der Waals surface area contributed by atoms with Gasteiger partial charge in [0.05, 0.1) is 13.2 Å². The maximum atomic E-state index is 8.82. The van der Waals surface area contributed by atoms with E-state index in [-0.39, 0.29) is 11.9 Å². The summed E-state index contributed by atoms with van der Waals surface area (Å²) in [4.78, 5) is 0.935. The number of ether oxygens (including phenoxy) is 2. The Morgan fingerprint density at radius 1 is 1.63 bits per heavy atom. The summed E-state index contributed by atoms with van der Waals surface area (Å²) in [5.41, 5.74) is 6.40. The molecule has 1 aromatic carbocycles. The van der Waals surface area contributed by atoms with Crippen LogP contribution >= 0.6 is 11.8 Å². The maximum absolute atomic E-state index is 8.82. The maximum Gasteiger partial charge on any atom is 0.171 e. The van der Waals surface area contributed by atoms with Crippen molar-refractivity contribution in [3.05, 3.63) is 23.8 Å². The van der Waals surface area contributed by atoms with Crippen LogP contribution in [0, 0.1) is 0 Å². The Hall–Kier alpha value is -1.40. The van der Waals surface area contributed by atoms with Crippen molar-refractivity contribution in [2.75, 3.05) is 19.5 Å². The molecule has 2 rings (SSSR count). The van der Waals surface area contributed by atoms with Gasteiger partial charge in [-0.05, 0) is 31.0 Å². The van der Waals surface area contributed by atoms with Crippen molar-refractivity contribution in [1.82, 2.24) is 0 Å². The van der Waals surface area contributed by atoms with Crippen LogP contribution in [0.3, 0.4) is 0 Å². The highest BCUT2D eigenvalue weighted by molar-refractivity contribution is 7.99. The van der Waals surface area contributed by atoms with Gasteiger partial charge in [0.1, 0.15) is 5.75 Å². The minimum atomic E-state index is 0.109. The number of amidine groups is 1. The number of methoxy groups -OCH3 is 1. The summed E-state index contributed by atoms with van der Waals surface area (Å²) in [5, 5.41) is 11.9. The molecular formula is C13H18N2O3S. The molecule has 0 radical (unpaired) electrons. The Bertz CT molecular complexity index is 459. The average Bonchev–Trinajstić information content (AvgIpc) is 2.97. The predicted octanol–water partition coefficient (Wildman–Crippen LogP) is 2.06. The van der Waals surface area contributed by atoms with Crippen LogP contribution in [0.2, 0.25) is 0 Å². The van der Waals surface area contributed by atoms with Crippen molar-refractivity contribution in [3.8, 4) is 5.75 Å². The molecule has 19 heavy (non-hydrogen) atoms. The molecule has 0 bridgehead atoms. The standard InChI is InChI=1S/C13H18N2O3S/c1-17-9-4-5-11(13(14)15-16)12(7-9)19-8-10-3-2-6-18-10/h4-5,7,10,16H,2-3,6,8H2,1H3,(H2,14,15). The SMILES string of the molecule is COc1ccc(/C(N)=N/O)c(SCC2CCCO2)c1. The van der Waals surface area contributed by atoms with Crippen LogP contribution in [0.4, 0.5) is 0 Å². The van der Waals surface area contributed by atoms with Crippen molar-refractivity contribution in [3.63, 3.8) is 0 Å². The van der Waals surface area contributed by atoms with E-state index in [1.165, 1.54) is 0 Å². The largest absolute Gasteiger partial charge is 0.497 e. The van der Waals surface area contributed by atoms with Crippen molar-refractivity contribution in [2.45, 2.75) is 23.8 Å². The molecule has 3 N–H and O–H groups in total. The van der Waals surface area contributed by atoms with Gasteiger partial charge in [-0.25, -0.2) is 0 Å². The summed E-state index contributed by atoms with van der Waals surface area (Å²) >= 11 is 1.64. The number of nitrogens with two attached hydrogens (primary N) is 1. The van der Waals surface area contributed by atoms with E-state index in [0.717, 1.165) is 35.8 Å². The summed E-state index contributed by atoms with van der Waals surface area (Å²) < 4.78 is 10.8. The number of nitrogens with zero attached hydrogens (tertiary/aromatic N) is 1. The van der Waals surface area contributed by atoms with E-state index in [9.17, 15) is 0 Å². The van der Waals surface area contributed by atoms with Gasteiger partial charge in [-0.3, -0.25) is 0 Å². The molecule has 0 spiro atoms. The number of hydrogen-bond acceptors (Lipinski definition) is 5. The van der Waals surface area contributed by atoms with Gasteiger partial charge in [-0.1, -0.05) is 5.16 Å². The van der Waals surface area contributed by atoms with E-state index in [1.807, 2.05) is 6.07 Å². The van der Waals surface area contributed by atoms with Crippen LogP contribution in [0.15, 0.2) is 28.3 Å². The Kier molecular flexibility index (Phi) is 4.93. The van der Waals surface area contributed by atoms with Crippen LogP contribution in [-0.2, 0) is 4.74 Å². The van der Waals surface area contributed by atoms with Gasteiger partial charge in [0.15, 0.2) is 5.84 Å². The summed E-state index contributed by atoms with van der Waals surface area (Å²) in [6, 6.07) is 5.49. The van der Waals surface area contributed by atoms with E-state index in [0.29, 0.717) is 5.56 Å². The molecule has 1 saturated heterocycles. The molecule has 5 nitrogen and oxygen atoms in total. The highest BCUT2D eigenvalue weighted by Crippen LogP contribution is 2.29. The van der Waals surface area contributed by atoms with Gasteiger partial charge in [0, 0.05) is 22.8 Å². The van der Waals surface area contributed by atoms with Crippen LogP contribution in [0.1, 0.15) is 18.4 Å². The van der Waals surface area contributed by atoms with E-state index in [4.69, 9.17) is 20.4 Å². The Morgan fingerprint density at radius 3 is 3.11 bits per heavy atom. The second-order valence-electron chi connectivity index (χ2n) is 4.29. The summed E-state index contributed by atoms with van der Waals surface area (Å²) in [7, 11) is 1.62. The summed E-state index contributed by atoms with van der Waals surface area (Å²) in [6.45, 7) is 0.844. The van der Waals surface area contributed by atoms with Gasteiger partial charge >= 0.3 is 0 Å². The zero-order valence-electron chi connectivity index (χ0n) is 10.8. The molecule has 104 valence electrons. The fraction of sp³-hybridized carbons (Fsp3) is 0.462. The van der Waals surface area contributed by atoms with Crippen LogP contribution < -0.4 is 10.5 Å². The fourth-order valence-electron chi connectivity index (χ4n) is 1.97. The molecule has 0 aliphatic carbocycles. The van der Waals surface area contributed by atoms with E-state index in [2.05, 4.69) is 5.16 Å². The zero-order valence-corrected chi connectivity index (χ0v) is 11.7. The molecule has 1 heterocycles. The smallest absolute Gasteiger partial charge is 0.171 e. The summed E-state index contributed by atoms with van der Waals surface area (Å²) in [5.74, 6) is 1.72. The molecule has 0 saturated carbocycles. The number of thioether (sulfide) groups is 1. The quantitative estimate of drug-likeness (QED) is 0.284. The number of rotatable bonds is 5. The third kappa shape index (κ3) is 3.54. The normalized spacial score (nSPS) is 19.6. The van der Waals surface area contributed by atoms with Gasteiger partial charge in [0.25, 0.3) is 0 Å². The first-order valence-electron chi connectivity index (χ1n) is 6.15. The highest BCUT2D eigenvalue weighted by Gasteiger charge is 2.17. The Morgan fingerprint density at radius 2 is 2.47 bits per heavy atom. The first-order chi connectivity index (χ1) is 9.24. The average molecular weight is 282 g/mol. The second-order valence-corrected chi connectivity index (χ2v) is 5.36. The molecule has 1 aliphatic heterocycles. The Labute approximate surface area is 116 Å². The third-order valence-corrected chi connectivity index (χ3v) is 4.21. The molecule has 1 atom stereocenters. The van der Waals surface area contributed by atoms with Gasteiger partial charge in [-0.15, -0.1) is 11.8 Å². The monoisotopic (exact) mass is 282 g/mol. The lowest BCUT2D eigenvalue weighted by atomic mass is 10.2. The van der Waals surface area contributed by atoms with Crippen molar-refractivity contribution in [1.29, 1.82) is 0 Å². The second kappa shape index (κ2) is 6.68. The summed E-state index contributed by atoms with van der Waals surface area (Å²) in [6.07, 6.45) is 2.50. The van der Waals surface area contributed by atoms with Crippen molar-refractivity contribution >= 4 is 17.6 Å². The number of benzene rings is 1. The first kappa shape index (κ1) is 14.0. The molecule has 6 heteroatoms. The predicted molar refractivity (Wildman–Crippen MR) is 75.2 cm³/mol. The molecule has 0 aromatic heterocycles. The minimum Gasteiger partial charge on any atom is -0.497 e. The lowest BCUT2D eigenvalue weighted by Crippen LogP contribution is -2.15. The molecule has 1 unspecified atom stereocenters. The molecule has 1 aliphatic rings. The van der Waals surface area contributed by atoms with Crippen LogP contribution in [0.25, 0.3) is 0 Å². The van der Waals surface area contributed by atoms with Crippen molar-refractivity contribution < 1.29 is 14.7 Å². The highest BCUT2D eigenvalue weighted by atomic mass is 32.2. The minimum absolute atomic E-state index is 0.109. The van der Waals surface area contributed by atoms with E-state index >= 15 is 0 Å². The van der Waals surface area contributed by atoms with E-state index in [1.54, 1.807) is 31.0 Å². The van der Waals surface area contributed by atoms with E-state index < -0.39 is 0 Å². The fourth-order valence-corrected chi connectivity index (χ4v) is 3.13. The zero-order chi connectivity index (χ0) is 13.7. The molecule has 0 amide bonds. The van der Waals surface area contributed by atoms with Gasteiger partial charge in [0.2, 0.25) is 0 Å². The molecule has 1 aromatic rings. The number of oxime groups is 1. The lowest BCUT2D eigenvalue weighted by molar-refractivity contribution is 0.129. The van der Waals surface area contributed by atoms with Crippen molar-refractivity contribution in [2.24, 2.45) is 10.9 Å². The topological polar surface area (TPSA) is 77.1 Å². The van der Waals surface area contributed by atoms with Gasteiger partial charge in [-0.2, -0.15) is 0 Å². The Balaban J connectivity index is 2.14. The molecule has 1 fully saturated rings. The van der Waals surface area contributed by atoms with Crippen LogP contribution in [0.5, 0.6) is 5.75 Å². The molecular weight excluding hydrogens is 264 g/mol. The third-order valence-electron chi connectivity index (χ3n) is 3.02. The van der Waals surface area contributed by atoms with Crippen LogP contribution in [-0.4, -0.2) is 36.6 Å². The first-order valence-corrected chi connectivity index (χ1v) is 7.13.